The van der Waals surface area contributed by atoms with Gasteiger partial charge in [-0.2, -0.15) is 0 Å². The van der Waals surface area contributed by atoms with Gasteiger partial charge in [-0.1, -0.05) is 0 Å². The Bertz CT molecular complexity index is 417. The predicted octanol–water partition coefficient (Wildman–Crippen LogP) is -3.84. The second-order valence-electron chi connectivity index (χ2n) is 5.29. The van der Waals surface area contributed by atoms with Gasteiger partial charge in [-0.3, -0.25) is 4.79 Å². The van der Waals surface area contributed by atoms with Gasteiger partial charge in [0, 0.05) is 18.8 Å². The zero-order valence-electron chi connectivity index (χ0n) is 11.7. The summed E-state index contributed by atoms with van der Waals surface area (Å²) < 4.78 is 4.93. The molecule has 0 radical (unpaired) electrons. The van der Waals surface area contributed by atoms with Crippen molar-refractivity contribution in [2.75, 3.05) is 13.2 Å². The maximum Gasteiger partial charge on any atom is 0.364 e. The average Bonchev–Trinajstić information content (AvgIpc) is 2.47. The lowest BCUT2D eigenvalue weighted by Crippen LogP contribution is -2.61. The molecule has 8 N–H and O–H groups in total. The van der Waals surface area contributed by atoms with Crippen LogP contribution in [0.5, 0.6) is 0 Å². The molecule has 0 bridgehead atoms. The van der Waals surface area contributed by atoms with Crippen LogP contribution in [0.2, 0.25) is 0 Å². The minimum absolute atomic E-state index is 0.336. The van der Waals surface area contributed by atoms with Crippen LogP contribution in [-0.4, -0.2) is 85.7 Å². The van der Waals surface area contributed by atoms with Crippen molar-refractivity contribution in [3.63, 3.8) is 0 Å². The Morgan fingerprint density at radius 3 is 2.41 bits per heavy atom. The second kappa shape index (κ2) is 7.42. The third-order valence-electron chi connectivity index (χ3n) is 3.68. The van der Waals surface area contributed by atoms with E-state index in [0.29, 0.717) is 0 Å². The van der Waals surface area contributed by atoms with Gasteiger partial charge < -0.3 is 41.1 Å². The standard InChI is InChI=1S/C12H21NO9/c13-3-5(15)1-6-7(16)2-12(21,11(19)20)22-10(6)9(18)8(17)4-14/h6-10,14,16-18,21H,1-4,13H2,(H,19,20)/t6-,7-,8-,9-,10?,12-/m1/s1. The first-order chi connectivity index (χ1) is 10.2. The number of Topliss-reactive ketones (excluding diaryl/α,β-unsaturated/α-hetero) is 1. The Hall–Kier alpha value is -1.14. The molecule has 0 spiro atoms. The van der Waals surface area contributed by atoms with Crippen LogP contribution in [0.3, 0.4) is 0 Å². The highest BCUT2D eigenvalue weighted by molar-refractivity contribution is 5.80. The molecule has 128 valence electrons. The van der Waals surface area contributed by atoms with Crippen molar-refractivity contribution >= 4 is 11.8 Å². The fraction of sp³-hybridized carbons (Fsp3) is 0.833. The van der Waals surface area contributed by atoms with Gasteiger partial charge >= 0.3 is 5.97 Å². The van der Waals surface area contributed by atoms with Gasteiger partial charge in [0.15, 0.2) is 0 Å². The molecule has 0 aromatic rings. The second-order valence-corrected chi connectivity index (χ2v) is 5.29. The molecule has 0 aromatic heterocycles. The quantitative estimate of drug-likeness (QED) is 0.244. The minimum atomic E-state index is -2.78. The predicted molar refractivity (Wildman–Crippen MR) is 69.4 cm³/mol. The summed E-state index contributed by atoms with van der Waals surface area (Å²) in [6, 6.07) is 0. The van der Waals surface area contributed by atoms with Crippen LogP contribution in [0.25, 0.3) is 0 Å². The zero-order valence-corrected chi connectivity index (χ0v) is 11.7. The maximum atomic E-state index is 11.5. The first-order valence-electron chi connectivity index (χ1n) is 6.66. The lowest BCUT2D eigenvalue weighted by molar-refractivity contribution is -0.304. The number of hydrogen-bond donors (Lipinski definition) is 7. The van der Waals surface area contributed by atoms with Crippen LogP contribution < -0.4 is 5.73 Å². The summed E-state index contributed by atoms with van der Waals surface area (Å²) in [5.41, 5.74) is 5.18. The number of rotatable bonds is 7. The van der Waals surface area contributed by atoms with E-state index in [4.69, 9.17) is 20.7 Å². The highest BCUT2D eigenvalue weighted by Crippen LogP contribution is 2.36. The molecule has 0 amide bonds. The molecule has 0 aromatic carbocycles. The molecule has 1 aliphatic heterocycles. The van der Waals surface area contributed by atoms with Crippen molar-refractivity contribution in [2.24, 2.45) is 11.7 Å². The van der Waals surface area contributed by atoms with Crippen LogP contribution in [0.15, 0.2) is 0 Å². The lowest BCUT2D eigenvalue weighted by atomic mass is 9.80. The number of carboxylic acid groups (broad SMARTS) is 1. The Kier molecular flexibility index (Phi) is 6.38. The fourth-order valence-electron chi connectivity index (χ4n) is 2.40. The van der Waals surface area contributed by atoms with Crippen molar-refractivity contribution < 1.29 is 45.0 Å². The van der Waals surface area contributed by atoms with Crippen molar-refractivity contribution in [1.82, 2.24) is 0 Å². The molecule has 1 heterocycles. The molecule has 22 heavy (non-hydrogen) atoms. The van der Waals surface area contributed by atoms with E-state index < -0.39 is 60.9 Å². The molecule has 1 unspecified atom stereocenters. The van der Waals surface area contributed by atoms with Gasteiger partial charge in [0.25, 0.3) is 5.79 Å². The number of aliphatic carboxylic acids is 1. The van der Waals surface area contributed by atoms with Gasteiger partial charge in [0.2, 0.25) is 0 Å². The van der Waals surface area contributed by atoms with Crippen LogP contribution in [0.1, 0.15) is 12.8 Å². The maximum absolute atomic E-state index is 11.5. The molecular weight excluding hydrogens is 302 g/mol. The fourth-order valence-corrected chi connectivity index (χ4v) is 2.40. The van der Waals surface area contributed by atoms with E-state index in [1.54, 1.807) is 0 Å². The van der Waals surface area contributed by atoms with Crippen LogP contribution in [0.4, 0.5) is 0 Å². The first kappa shape index (κ1) is 18.9. The molecule has 1 fully saturated rings. The van der Waals surface area contributed by atoms with Crippen LogP contribution in [-0.2, 0) is 14.3 Å². The normalized spacial score (nSPS) is 34.9. The summed E-state index contributed by atoms with van der Waals surface area (Å²) in [6.07, 6.45) is -7.65. The Balaban J connectivity index is 3.07. The molecule has 1 saturated heterocycles. The Labute approximate surface area is 125 Å². The van der Waals surface area contributed by atoms with Gasteiger partial charge in [-0.05, 0) is 0 Å². The number of carbonyl (C=O) groups is 2. The molecular formula is C12H21NO9. The van der Waals surface area contributed by atoms with Crippen LogP contribution >= 0.6 is 0 Å². The Morgan fingerprint density at radius 2 is 1.95 bits per heavy atom. The Morgan fingerprint density at radius 1 is 1.36 bits per heavy atom. The van der Waals surface area contributed by atoms with E-state index in [2.05, 4.69) is 0 Å². The molecule has 6 atom stereocenters. The number of carbonyl (C=O) groups excluding carboxylic acids is 1. The van der Waals surface area contributed by atoms with Gasteiger partial charge in [0.1, 0.15) is 18.0 Å². The largest absolute Gasteiger partial charge is 0.477 e. The van der Waals surface area contributed by atoms with Gasteiger partial charge in [-0.25, -0.2) is 4.79 Å². The van der Waals surface area contributed by atoms with Gasteiger partial charge in [-0.15, -0.1) is 0 Å². The average molecular weight is 323 g/mol. The summed E-state index contributed by atoms with van der Waals surface area (Å²) in [4.78, 5) is 22.5. The van der Waals surface area contributed by atoms with E-state index in [0.717, 1.165) is 0 Å². The first-order valence-corrected chi connectivity index (χ1v) is 6.66. The number of nitrogens with two attached hydrogens (primary N) is 1. The summed E-state index contributed by atoms with van der Waals surface area (Å²) in [6.45, 7) is -1.20. The number of aliphatic hydroxyl groups is 5. The molecule has 10 heteroatoms. The highest BCUT2D eigenvalue weighted by Gasteiger charge is 2.53. The monoisotopic (exact) mass is 323 g/mol. The molecule has 1 rings (SSSR count). The smallest absolute Gasteiger partial charge is 0.364 e. The lowest BCUT2D eigenvalue weighted by Gasteiger charge is -2.44. The summed E-state index contributed by atoms with van der Waals surface area (Å²) in [5.74, 6) is -6.13. The van der Waals surface area contributed by atoms with E-state index in [-0.39, 0.29) is 13.0 Å². The third kappa shape index (κ3) is 3.98. The number of ether oxygens (including phenoxy) is 1. The zero-order chi connectivity index (χ0) is 17.1. The third-order valence-corrected chi connectivity index (χ3v) is 3.68. The van der Waals surface area contributed by atoms with Gasteiger partial charge in [0.05, 0.1) is 25.4 Å². The number of hydrogen-bond acceptors (Lipinski definition) is 9. The topological polar surface area (TPSA) is 191 Å². The molecule has 0 aliphatic carbocycles. The summed E-state index contributed by atoms with van der Waals surface area (Å²) >= 11 is 0. The van der Waals surface area contributed by atoms with E-state index in [1.807, 2.05) is 0 Å². The van der Waals surface area contributed by atoms with Crippen molar-refractivity contribution in [3.8, 4) is 0 Å². The van der Waals surface area contributed by atoms with Crippen LogP contribution in [0, 0.1) is 5.92 Å². The number of ketones is 1. The molecule has 10 nitrogen and oxygen atoms in total. The minimum Gasteiger partial charge on any atom is -0.477 e. The van der Waals surface area contributed by atoms with Crippen molar-refractivity contribution in [1.29, 1.82) is 0 Å². The van der Waals surface area contributed by atoms with Crippen molar-refractivity contribution in [3.05, 3.63) is 0 Å². The SMILES string of the molecule is NCC(=O)C[C@H]1C([C@H](O)[C@H](O)CO)O[C@@](O)(C(=O)O)C[C@H]1O. The number of carboxylic acids is 1. The van der Waals surface area contributed by atoms with E-state index >= 15 is 0 Å². The number of aliphatic hydroxyl groups excluding tert-OH is 4. The summed E-state index contributed by atoms with van der Waals surface area (Å²) in [7, 11) is 0. The summed E-state index contributed by atoms with van der Waals surface area (Å²) in [5, 5.41) is 57.1. The molecule has 1 aliphatic rings. The highest BCUT2D eigenvalue weighted by atomic mass is 16.7. The molecule has 0 saturated carbocycles. The van der Waals surface area contributed by atoms with Crippen molar-refractivity contribution in [2.45, 2.75) is 43.0 Å². The van der Waals surface area contributed by atoms with E-state index in [1.165, 1.54) is 0 Å². The van der Waals surface area contributed by atoms with E-state index in [9.17, 15) is 30.0 Å².